The molecule has 2 atom stereocenters. The van der Waals surface area contributed by atoms with Crippen molar-refractivity contribution in [1.82, 2.24) is 9.97 Å². The van der Waals surface area contributed by atoms with Crippen LogP contribution in [0.4, 0.5) is 24.7 Å². The highest BCUT2D eigenvalue weighted by Crippen LogP contribution is 2.48. The van der Waals surface area contributed by atoms with Crippen LogP contribution >= 0.6 is 0 Å². The van der Waals surface area contributed by atoms with Crippen molar-refractivity contribution >= 4 is 23.3 Å². The van der Waals surface area contributed by atoms with Gasteiger partial charge in [-0.3, -0.25) is 19.5 Å². The molecule has 0 spiro atoms. The smallest absolute Gasteiger partial charge is 0.395 e. The average molecular weight is 555 g/mol. The van der Waals surface area contributed by atoms with Crippen LogP contribution in [0.5, 0.6) is 0 Å². The van der Waals surface area contributed by atoms with Crippen LogP contribution in [0.25, 0.3) is 11.1 Å². The van der Waals surface area contributed by atoms with Crippen LogP contribution in [0.3, 0.4) is 0 Å². The average Bonchev–Trinajstić information content (AvgIpc) is 3.14. The number of rotatable bonds is 5. The Morgan fingerprint density at radius 3 is 2.75 bits per heavy atom. The lowest BCUT2D eigenvalue weighted by molar-refractivity contribution is -0.137. The van der Waals surface area contributed by atoms with E-state index in [-0.39, 0.29) is 30.5 Å². The number of nitrogens with zero attached hydrogens (tertiary/aromatic N) is 3. The Labute approximate surface area is 229 Å². The van der Waals surface area contributed by atoms with Crippen LogP contribution in [0.1, 0.15) is 46.8 Å². The molecular formula is C29H29F3N4O4. The van der Waals surface area contributed by atoms with E-state index in [0.717, 1.165) is 34.5 Å². The molecule has 11 heteroatoms. The third-order valence-corrected chi connectivity index (χ3v) is 7.85. The first-order valence-electron chi connectivity index (χ1n) is 13.0. The minimum atomic E-state index is -4.61. The molecule has 2 aliphatic heterocycles. The normalized spacial score (nSPS) is 20.9. The third-order valence-electron chi connectivity index (χ3n) is 7.85. The minimum Gasteiger partial charge on any atom is -0.395 e. The van der Waals surface area contributed by atoms with E-state index in [9.17, 15) is 27.9 Å². The lowest BCUT2D eigenvalue weighted by Gasteiger charge is -2.44. The van der Waals surface area contributed by atoms with Crippen molar-refractivity contribution in [3.8, 4) is 11.1 Å². The molecule has 5 rings (SSSR count). The molecule has 0 unspecified atom stereocenters. The number of carbonyl (C=O) groups is 2. The number of hydrogen-bond donors (Lipinski definition) is 2. The molecule has 40 heavy (non-hydrogen) atoms. The quantitative estimate of drug-likeness (QED) is 0.472. The van der Waals surface area contributed by atoms with Crippen LogP contribution in [-0.2, 0) is 21.1 Å². The van der Waals surface area contributed by atoms with Crippen molar-refractivity contribution in [2.75, 3.05) is 36.6 Å². The maximum absolute atomic E-state index is 13.4. The zero-order chi connectivity index (χ0) is 28.7. The number of ether oxygens (including phenoxy) is 1. The van der Waals surface area contributed by atoms with Gasteiger partial charge in [-0.05, 0) is 55.2 Å². The van der Waals surface area contributed by atoms with Gasteiger partial charge in [0.25, 0.3) is 5.91 Å². The molecule has 3 aromatic rings. The molecule has 0 bridgehead atoms. The Morgan fingerprint density at radius 2 is 2.00 bits per heavy atom. The molecule has 210 valence electrons. The predicted molar refractivity (Wildman–Crippen MR) is 142 cm³/mol. The fraction of sp³-hybridized carbons (Fsp3) is 0.379. The summed E-state index contributed by atoms with van der Waals surface area (Å²) in [5.41, 5.74) is 1.97. The van der Waals surface area contributed by atoms with Gasteiger partial charge in [-0.2, -0.15) is 13.2 Å². The van der Waals surface area contributed by atoms with Gasteiger partial charge in [0.1, 0.15) is 5.82 Å². The number of amides is 2. The van der Waals surface area contributed by atoms with E-state index in [2.05, 4.69) is 22.2 Å². The van der Waals surface area contributed by atoms with Crippen molar-refractivity contribution < 1.29 is 32.6 Å². The highest BCUT2D eigenvalue weighted by Gasteiger charge is 2.49. The fourth-order valence-corrected chi connectivity index (χ4v) is 5.58. The summed E-state index contributed by atoms with van der Waals surface area (Å²) < 4.78 is 45.0. The van der Waals surface area contributed by atoms with E-state index in [4.69, 9.17) is 4.74 Å². The second-order valence-electron chi connectivity index (χ2n) is 10.4. The number of aliphatic hydroxyl groups is 1. The number of β-amino-alcohol motifs (C(OH)–C–C–N with tert-alkyl or cyclic N) is 1. The van der Waals surface area contributed by atoms with Crippen molar-refractivity contribution in [2.45, 2.75) is 38.3 Å². The van der Waals surface area contributed by atoms with Gasteiger partial charge in [0.15, 0.2) is 0 Å². The Morgan fingerprint density at radius 1 is 1.20 bits per heavy atom. The topological polar surface area (TPSA) is 105 Å². The van der Waals surface area contributed by atoms with E-state index >= 15 is 0 Å². The first-order valence-corrected chi connectivity index (χ1v) is 13.0. The SMILES string of the molecule is Cc1ccc(NC(=O)c2cncc(C(F)(F)F)c2)cc1-c1cnc2c(c1)[C@]1(C)CCOCC[C@H]1C(=O)N2CCO. The number of halogens is 3. The summed E-state index contributed by atoms with van der Waals surface area (Å²) in [4.78, 5) is 36.0. The molecule has 2 amide bonds. The standard InChI is InChI=1S/C29H29F3N4O4/c1-17-3-4-21(35-26(38)19-11-20(16-33-14-19)29(30,31)32)13-22(17)18-12-24-25(34-15-18)36(7-8-37)27(39)23-5-9-40-10-6-28(23,24)2/h3-4,11-16,23,37H,5-10H2,1-2H3,(H,35,38)/t23-,28+/m0/s1. The summed E-state index contributed by atoms with van der Waals surface area (Å²) in [5.74, 6) is -0.592. The molecule has 1 aromatic carbocycles. The Hall–Kier alpha value is -3.83. The first-order chi connectivity index (χ1) is 19.0. The number of hydrogen-bond acceptors (Lipinski definition) is 6. The number of benzene rings is 1. The first kappa shape index (κ1) is 27.7. The lowest BCUT2D eigenvalue weighted by Crippen LogP contribution is -2.52. The largest absolute Gasteiger partial charge is 0.417 e. The van der Waals surface area contributed by atoms with Gasteiger partial charge in [-0.1, -0.05) is 13.0 Å². The Bertz CT molecular complexity index is 1460. The molecule has 2 aliphatic rings. The van der Waals surface area contributed by atoms with Gasteiger partial charge in [0.05, 0.1) is 30.2 Å². The van der Waals surface area contributed by atoms with E-state index in [0.29, 0.717) is 43.8 Å². The van der Waals surface area contributed by atoms with Crippen molar-refractivity contribution in [3.05, 3.63) is 71.2 Å². The lowest BCUT2D eigenvalue weighted by atomic mass is 9.66. The van der Waals surface area contributed by atoms with Gasteiger partial charge in [-0.15, -0.1) is 0 Å². The van der Waals surface area contributed by atoms with Crippen LogP contribution < -0.4 is 10.2 Å². The highest BCUT2D eigenvalue weighted by molar-refractivity contribution is 6.04. The van der Waals surface area contributed by atoms with Crippen molar-refractivity contribution in [3.63, 3.8) is 0 Å². The van der Waals surface area contributed by atoms with Crippen LogP contribution in [0.15, 0.2) is 48.9 Å². The summed E-state index contributed by atoms with van der Waals surface area (Å²) in [5, 5.41) is 12.3. The van der Waals surface area contributed by atoms with E-state index in [1.54, 1.807) is 29.3 Å². The number of aryl methyl sites for hydroxylation is 1. The number of pyridine rings is 2. The van der Waals surface area contributed by atoms with E-state index in [1.807, 2.05) is 13.0 Å². The zero-order valence-electron chi connectivity index (χ0n) is 22.1. The second kappa shape index (κ2) is 10.6. The summed E-state index contributed by atoms with van der Waals surface area (Å²) in [6.07, 6.45) is -0.0145. The molecule has 0 saturated carbocycles. The molecule has 2 N–H and O–H groups in total. The van der Waals surface area contributed by atoms with Gasteiger partial charge < -0.3 is 15.2 Å². The molecule has 1 saturated heterocycles. The number of aliphatic hydroxyl groups excluding tert-OH is 1. The summed E-state index contributed by atoms with van der Waals surface area (Å²) in [7, 11) is 0. The maximum atomic E-state index is 13.4. The highest BCUT2D eigenvalue weighted by atomic mass is 19.4. The van der Waals surface area contributed by atoms with Crippen molar-refractivity contribution in [1.29, 1.82) is 0 Å². The van der Waals surface area contributed by atoms with Gasteiger partial charge in [0, 0.05) is 54.0 Å². The number of aromatic nitrogens is 2. The minimum absolute atomic E-state index is 0.0697. The van der Waals surface area contributed by atoms with Gasteiger partial charge >= 0.3 is 6.18 Å². The van der Waals surface area contributed by atoms with Crippen LogP contribution in [-0.4, -0.2) is 53.3 Å². The summed E-state index contributed by atoms with van der Waals surface area (Å²) in [6, 6.07) is 7.98. The fourth-order valence-electron chi connectivity index (χ4n) is 5.58. The number of nitrogens with one attached hydrogen (secondary N) is 1. The molecule has 1 fully saturated rings. The number of fused-ring (bicyclic) bond motifs is 3. The Balaban J connectivity index is 1.51. The molecule has 8 nitrogen and oxygen atoms in total. The van der Waals surface area contributed by atoms with Crippen LogP contribution in [0.2, 0.25) is 0 Å². The molecule has 4 heterocycles. The molecular weight excluding hydrogens is 525 g/mol. The molecule has 2 aromatic heterocycles. The molecule has 0 aliphatic carbocycles. The number of alkyl halides is 3. The van der Waals surface area contributed by atoms with E-state index in [1.165, 1.54) is 0 Å². The van der Waals surface area contributed by atoms with E-state index < -0.39 is 23.1 Å². The number of anilines is 2. The van der Waals surface area contributed by atoms with Gasteiger partial charge in [0.2, 0.25) is 5.91 Å². The maximum Gasteiger partial charge on any atom is 0.417 e. The Kier molecular flexibility index (Phi) is 7.36. The zero-order valence-corrected chi connectivity index (χ0v) is 22.1. The molecule has 0 radical (unpaired) electrons. The summed E-state index contributed by atoms with van der Waals surface area (Å²) >= 11 is 0. The van der Waals surface area contributed by atoms with Gasteiger partial charge in [-0.25, -0.2) is 4.98 Å². The summed E-state index contributed by atoms with van der Waals surface area (Å²) in [6.45, 7) is 4.88. The second-order valence-corrected chi connectivity index (χ2v) is 10.4. The number of carbonyl (C=O) groups excluding carboxylic acids is 2. The predicted octanol–water partition coefficient (Wildman–Crippen LogP) is 4.75. The third kappa shape index (κ3) is 5.06. The van der Waals surface area contributed by atoms with Crippen molar-refractivity contribution in [2.24, 2.45) is 5.92 Å². The van der Waals surface area contributed by atoms with Crippen LogP contribution in [0, 0.1) is 12.8 Å². The monoisotopic (exact) mass is 554 g/mol.